The lowest BCUT2D eigenvalue weighted by molar-refractivity contribution is -0.0271. The first-order chi connectivity index (χ1) is 12.5. The van der Waals surface area contributed by atoms with Gasteiger partial charge in [0.1, 0.15) is 0 Å². The van der Waals surface area contributed by atoms with E-state index in [1.807, 2.05) is 0 Å². The Bertz CT molecular complexity index is 352. The van der Waals surface area contributed by atoms with Crippen LogP contribution in [-0.2, 0) is 4.74 Å². The molecular weight excluding hydrogens is 332 g/mol. The molecule has 0 aliphatic rings. The van der Waals surface area contributed by atoms with Crippen LogP contribution in [0.2, 0.25) is 0 Å². The van der Waals surface area contributed by atoms with Crippen molar-refractivity contribution in [3.8, 4) is 0 Å². The van der Waals surface area contributed by atoms with Crippen molar-refractivity contribution >= 4 is 0 Å². The molecule has 0 aliphatic carbocycles. The zero-order chi connectivity index (χ0) is 20.9. The fraction of sp³-hybridized carbons (Fsp3) is 1.00. The summed E-state index contributed by atoms with van der Waals surface area (Å²) in [7, 11) is 2.30. The third-order valence-electron chi connectivity index (χ3n) is 5.96. The fourth-order valence-electron chi connectivity index (χ4n) is 3.53. The van der Waals surface area contributed by atoms with Gasteiger partial charge in [-0.25, -0.2) is 0 Å². The molecule has 0 saturated heterocycles. The van der Waals surface area contributed by atoms with Crippen molar-refractivity contribution in [1.29, 1.82) is 0 Å². The van der Waals surface area contributed by atoms with Crippen molar-refractivity contribution in [2.45, 2.75) is 124 Å². The summed E-state index contributed by atoms with van der Waals surface area (Å²) in [6, 6.07) is 0.574. The molecule has 0 aromatic rings. The Labute approximate surface area is 172 Å². The van der Waals surface area contributed by atoms with Gasteiger partial charge in [-0.2, -0.15) is 0 Å². The molecule has 0 heterocycles. The Morgan fingerprint density at radius 2 is 1.59 bits per heavy atom. The molecule has 0 saturated carbocycles. The monoisotopic (exact) mass is 384 g/mol. The standard InChI is InChI=1S/C24H52N2O/c1-10-14-22(4)15-19-26(9)23(5,6)16-11-12-20-27-24(7,8)17-13-18-25-21(2)3/h21-22,25H,10-20H2,1-9H3. The molecule has 0 aliphatic heterocycles. The molecule has 1 N–H and O–H groups in total. The van der Waals surface area contributed by atoms with Gasteiger partial charge in [0.15, 0.2) is 0 Å². The van der Waals surface area contributed by atoms with Crippen LogP contribution in [0.3, 0.4) is 0 Å². The van der Waals surface area contributed by atoms with Crippen LogP contribution >= 0.6 is 0 Å². The van der Waals surface area contributed by atoms with Gasteiger partial charge in [-0.1, -0.05) is 40.5 Å². The molecule has 1 unspecified atom stereocenters. The van der Waals surface area contributed by atoms with E-state index in [0.717, 1.165) is 31.9 Å². The Morgan fingerprint density at radius 3 is 2.19 bits per heavy atom. The number of hydrogen-bond acceptors (Lipinski definition) is 3. The van der Waals surface area contributed by atoms with Gasteiger partial charge in [0.05, 0.1) is 5.60 Å². The average molecular weight is 385 g/mol. The van der Waals surface area contributed by atoms with E-state index in [0.29, 0.717) is 6.04 Å². The van der Waals surface area contributed by atoms with Crippen LogP contribution in [0.4, 0.5) is 0 Å². The number of rotatable bonds is 17. The molecule has 0 aromatic heterocycles. The van der Waals surface area contributed by atoms with Crippen molar-refractivity contribution in [3.63, 3.8) is 0 Å². The second-order valence-electron chi connectivity index (χ2n) is 10.2. The smallest absolute Gasteiger partial charge is 0.0627 e. The number of hydrogen-bond donors (Lipinski definition) is 1. The Balaban J connectivity index is 3.93. The van der Waals surface area contributed by atoms with Gasteiger partial charge in [-0.05, 0) is 92.3 Å². The lowest BCUT2D eigenvalue weighted by Crippen LogP contribution is -2.42. The predicted molar refractivity (Wildman–Crippen MR) is 122 cm³/mol. The first-order valence-corrected chi connectivity index (χ1v) is 11.6. The van der Waals surface area contributed by atoms with Crippen molar-refractivity contribution in [1.82, 2.24) is 10.2 Å². The highest BCUT2D eigenvalue weighted by molar-refractivity contribution is 4.79. The zero-order valence-corrected chi connectivity index (χ0v) is 20.3. The molecular formula is C24H52N2O. The van der Waals surface area contributed by atoms with E-state index in [-0.39, 0.29) is 11.1 Å². The highest BCUT2D eigenvalue weighted by Crippen LogP contribution is 2.23. The molecule has 0 amide bonds. The van der Waals surface area contributed by atoms with E-state index in [2.05, 4.69) is 72.7 Å². The summed E-state index contributed by atoms with van der Waals surface area (Å²) in [6.07, 6.45) is 9.93. The normalized spacial score (nSPS) is 14.3. The topological polar surface area (TPSA) is 24.5 Å². The minimum absolute atomic E-state index is 0.000382. The molecule has 1 atom stereocenters. The Morgan fingerprint density at radius 1 is 0.926 bits per heavy atom. The van der Waals surface area contributed by atoms with Crippen LogP contribution in [0, 0.1) is 5.92 Å². The molecule has 0 aromatic carbocycles. The van der Waals surface area contributed by atoms with E-state index < -0.39 is 0 Å². The molecule has 3 nitrogen and oxygen atoms in total. The van der Waals surface area contributed by atoms with Crippen LogP contribution in [0.1, 0.15) is 107 Å². The summed E-state index contributed by atoms with van der Waals surface area (Å²) in [4.78, 5) is 2.56. The second-order valence-corrected chi connectivity index (χ2v) is 10.2. The first-order valence-electron chi connectivity index (χ1n) is 11.6. The van der Waals surface area contributed by atoms with E-state index in [1.165, 1.54) is 45.1 Å². The number of nitrogens with zero attached hydrogens (tertiary/aromatic N) is 1. The lowest BCUT2D eigenvalue weighted by Gasteiger charge is -2.36. The molecule has 0 bridgehead atoms. The van der Waals surface area contributed by atoms with Gasteiger partial charge in [0.25, 0.3) is 0 Å². The fourth-order valence-corrected chi connectivity index (χ4v) is 3.53. The molecule has 0 fully saturated rings. The Hall–Kier alpha value is -0.120. The minimum Gasteiger partial charge on any atom is -0.376 e. The van der Waals surface area contributed by atoms with Crippen molar-refractivity contribution in [2.75, 3.05) is 26.7 Å². The SMILES string of the molecule is CCCC(C)CCN(C)C(C)(C)CCCCOC(C)(C)CCCNC(C)C. The maximum atomic E-state index is 6.18. The van der Waals surface area contributed by atoms with Gasteiger partial charge in [0, 0.05) is 18.2 Å². The first kappa shape index (κ1) is 26.9. The third-order valence-corrected chi connectivity index (χ3v) is 5.96. The number of unbranched alkanes of at least 4 members (excludes halogenated alkanes) is 1. The van der Waals surface area contributed by atoms with Gasteiger partial charge in [-0.15, -0.1) is 0 Å². The summed E-state index contributed by atoms with van der Waals surface area (Å²) in [5.41, 5.74) is 0.282. The van der Waals surface area contributed by atoms with E-state index in [9.17, 15) is 0 Å². The Kier molecular flexibility index (Phi) is 13.9. The molecule has 3 heteroatoms. The third kappa shape index (κ3) is 14.5. The van der Waals surface area contributed by atoms with Gasteiger partial charge < -0.3 is 15.0 Å². The average Bonchev–Trinajstić information content (AvgIpc) is 2.56. The maximum absolute atomic E-state index is 6.18. The molecule has 0 rings (SSSR count). The summed E-state index contributed by atoms with van der Waals surface area (Å²) < 4.78 is 6.18. The summed E-state index contributed by atoms with van der Waals surface area (Å²) in [6.45, 7) is 21.5. The van der Waals surface area contributed by atoms with Crippen LogP contribution in [0.5, 0.6) is 0 Å². The highest BCUT2D eigenvalue weighted by Gasteiger charge is 2.23. The molecule has 0 spiro atoms. The van der Waals surface area contributed by atoms with Gasteiger partial charge in [0.2, 0.25) is 0 Å². The van der Waals surface area contributed by atoms with Crippen molar-refractivity contribution in [2.24, 2.45) is 5.92 Å². The van der Waals surface area contributed by atoms with E-state index in [1.54, 1.807) is 0 Å². The van der Waals surface area contributed by atoms with Crippen LogP contribution < -0.4 is 5.32 Å². The van der Waals surface area contributed by atoms with Crippen LogP contribution in [0.15, 0.2) is 0 Å². The predicted octanol–water partition coefficient (Wildman–Crippen LogP) is 6.27. The summed E-state index contributed by atoms with van der Waals surface area (Å²) in [5.74, 6) is 0.847. The number of nitrogens with one attached hydrogen (secondary N) is 1. The molecule has 164 valence electrons. The zero-order valence-electron chi connectivity index (χ0n) is 20.3. The molecule has 27 heavy (non-hydrogen) atoms. The van der Waals surface area contributed by atoms with Gasteiger partial charge >= 0.3 is 0 Å². The highest BCUT2D eigenvalue weighted by atomic mass is 16.5. The largest absolute Gasteiger partial charge is 0.376 e. The number of ether oxygens (including phenoxy) is 1. The van der Waals surface area contributed by atoms with Crippen LogP contribution in [-0.4, -0.2) is 48.8 Å². The van der Waals surface area contributed by atoms with Gasteiger partial charge in [-0.3, -0.25) is 0 Å². The lowest BCUT2D eigenvalue weighted by atomic mass is 9.94. The minimum atomic E-state index is 0.000382. The second kappa shape index (κ2) is 14.0. The van der Waals surface area contributed by atoms with Crippen molar-refractivity contribution in [3.05, 3.63) is 0 Å². The van der Waals surface area contributed by atoms with E-state index in [4.69, 9.17) is 4.74 Å². The summed E-state index contributed by atoms with van der Waals surface area (Å²) in [5, 5.41) is 3.49. The maximum Gasteiger partial charge on any atom is 0.0627 e. The summed E-state index contributed by atoms with van der Waals surface area (Å²) >= 11 is 0. The molecule has 0 radical (unpaired) electrons. The van der Waals surface area contributed by atoms with Crippen molar-refractivity contribution < 1.29 is 4.74 Å². The van der Waals surface area contributed by atoms with Crippen LogP contribution in [0.25, 0.3) is 0 Å². The quantitative estimate of drug-likeness (QED) is 0.299. The van der Waals surface area contributed by atoms with E-state index >= 15 is 0 Å².